The van der Waals surface area contributed by atoms with Crippen LogP contribution in [0.5, 0.6) is 0 Å². The Morgan fingerprint density at radius 2 is 1.32 bits per heavy atom. The van der Waals surface area contributed by atoms with Crippen molar-refractivity contribution in [2.45, 2.75) is 16.7 Å². The number of hydrogen-bond donors (Lipinski definition) is 0. The zero-order valence-corrected chi connectivity index (χ0v) is 16.4. The standard InChI is InChI=1S/C26H19NS/c1-18-11-13-20(14-12-18)28-26-22-10-6-5-9-21(22)25(19-7-3-2-4-8-19)24-17-27-16-15-23(24)26/h2-17H,1H3. The number of pyridine rings is 1. The van der Waals surface area contributed by atoms with E-state index in [9.17, 15) is 0 Å². The summed E-state index contributed by atoms with van der Waals surface area (Å²) in [4.78, 5) is 7.00. The van der Waals surface area contributed by atoms with Crippen LogP contribution in [0.3, 0.4) is 0 Å². The fraction of sp³-hybridized carbons (Fsp3) is 0.0385. The Kier molecular flexibility index (Phi) is 4.34. The molecule has 0 aliphatic carbocycles. The Labute approximate surface area is 169 Å². The summed E-state index contributed by atoms with van der Waals surface area (Å²) in [6.45, 7) is 2.12. The third kappa shape index (κ3) is 2.96. The molecule has 5 aromatic rings. The van der Waals surface area contributed by atoms with E-state index in [1.807, 2.05) is 24.2 Å². The first-order chi connectivity index (χ1) is 13.8. The van der Waals surface area contributed by atoms with Crippen LogP contribution in [0, 0.1) is 6.92 Å². The van der Waals surface area contributed by atoms with Gasteiger partial charge in [0.15, 0.2) is 0 Å². The SMILES string of the molecule is Cc1ccc(Sc2c3ccccc3c(-c3ccccc3)c3cnccc23)cc1. The molecule has 0 unspecified atom stereocenters. The molecule has 134 valence electrons. The highest BCUT2D eigenvalue weighted by atomic mass is 32.2. The summed E-state index contributed by atoms with van der Waals surface area (Å²) in [6, 6.07) is 30.2. The maximum absolute atomic E-state index is 4.46. The lowest BCUT2D eigenvalue weighted by Gasteiger charge is -2.16. The van der Waals surface area contributed by atoms with Gasteiger partial charge in [-0.3, -0.25) is 4.98 Å². The predicted octanol–water partition coefficient (Wildman–Crippen LogP) is 7.51. The number of nitrogens with zero attached hydrogens (tertiary/aromatic N) is 1. The number of benzene rings is 4. The molecular weight excluding hydrogens is 358 g/mol. The van der Waals surface area contributed by atoms with Gasteiger partial charge in [0, 0.05) is 27.6 Å². The molecule has 0 aliphatic heterocycles. The lowest BCUT2D eigenvalue weighted by Crippen LogP contribution is -1.90. The Bertz CT molecular complexity index is 1220. The minimum Gasteiger partial charge on any atom is -0.264 e. The fourth-order valence-corrected chi connectivity index (χ4v) is 4.81. The highest BCUT2D eigenvalue weighted by molar-refractivity contribution is 7.99. The molecule has 0 atom stereocenters. The smallest absolute Gasteiger partial charge is 0.0353 e. The quantitative estimate of drug-likeness (QED) is 0.302. The van der Waals surface area contributed by atoms with Gasteiger partial charge in [-0.2, -0.15) is 0 Å². The Balaban J connectivity index is 1.85. The second-order valence-corrected chi connectivity index (χ2v) is 8.04. The Morgan fingerprint density at radius 3 is 2.11 bits per heavy atom. The van der Waals surface area contributed by atoms with E-state index in [0.29, 0.717) is 0 Å². The van der Waals surface area contributed by atoms with Crippen molar-refractivity contribution in [2.24, 2.45) is 0 Å². The lowest BCUT2D eigenvalue weighted by atomic mass is 9.93. The van der Waals surface area contributed by atoms with Crippen molar-refractivity contribution in [3.05, 3.63) is 103 Å². The van der Waals surface area contributed by atoms with Crippen LogP contribution in [0.2, 0.25) is 0 Å². The average Bonchev–Trinajstić information content (AvgIpc) is 2.76. The molecule has 0 fully saturated rings. The minimum absolute atomic E-state index is 1.20. The summed E-state index contributed by atoms with van der Waals surface area (Å²) in [5.74, 6) is 0. The summed E-state index contributed by atoms with van der Waals surface area (Å²) in [5.41, 5.74) is 3.76. The molecule has 0 saturated heterocycles. The van der Waals surface area contributed by atoms with Gasteiger partial charge in [0.05, 0.1) is 0 Å². The molecule has 1 aromatic heterocycles. The van der Waals surface area contributed by atoms with E-state index < -0.39 is 0 Å². The summed E-state index contributed by atoms with van der Waals surface area (Å²) in [5, 5.41) is 4.99. The van der Waals surface area contributed by atoms with Crippen molar-refractivity contribution in [3.8, 4) is 11.1 Å². The summed E-state index contributed by atoms with van der Waals surface area (Å²) in [6.07, 6.45) is 3.90. The van der Waals surface area contributed by atoms with Crippen LogP contribution in [-0.4, -0.2) is 4.98 Å². The van der Waals surface area contributed by atoms with Gasteiger partial charge in [0.25, 0.3) is 0 Å². The molecule has 0 aliphatic rings. The number of hydrogen-bond acceptors (Lipinski definition) is 2. The molecule has 0 spiro atoms. The van der Waals surface area contributed by atoms with Crippen molar-refractivity contribution in [1.29, 1.82) is 0 Å². The van der Waals surface area contributed by atoms with Gasteiger partial charge in [-0.15, -0.1) is 0 Å². The van der Waals surface area contributed by atoms with E-state index in [0.717, 1.165) is 0 Å². The molecule has 1 heterocycles. The van der Waals surface area contributed by atoms with E-state index in [1.54, 1.807) is 0 Å². The highest BCUT2D eigenvalue weighted by Crippen LogP contribution is 2.44. The highest BCUT2D eigenvalue weighted by Gasteiger charge is 2.16. The van der Waals surface area contributed by atoms with Crippen LogP contribution in [0.4, 0.5) is 0 Å². The molecule has 0 saturated carbocycles. The number of aromatic nitrogens is 1. The molecule has 1 nitrogen and oxygen atoms in total. The Morgan fingerprint density at radius 1 is 0.643 bits per heavy atom. The van der Waals surface area contributed by atoms with Gasteiger partial charge in [0.1, 0.15) is 0 Å². The predicted molar refractivity (Wildman–Crippen MR) is 120 cm³/mol. The molecule has 0 bridgehead atoms. The van der Waals surface area contributed by atoms with Crippen molar-refractivity contribution in [3.63, 3.8) is 0 Å². The van der Waals surface area contributed by atoms with Gasteiger partial charge >= 0.3 is 0 Å². The lowest BCUT2D eigenvalue weighted by molar-refractivity contribution is 1.35. The largest absolute Gasteiger partial charge is 0.264 e. The number of fused-ring (bicyclic) bond motifs is 2. The number of aryl methyl sites for hydroxylation is 1. The molecular formula is C26H19NS. The number of rotatable bonds is 3. The molecule has 0 N–H and O–H groups in total. The Hall–Kier alpha value is -3.10. The van der Waals surface area contributed by atoms with Crippen molar-refractivity contribution in [1.82, 2.24) is 4.98 Å². The summed E-state index contributed by atoms with van der Waals surface area (Å²) < 4.78 is 0. The van der Waals surface area contributed by atoms with Crippen molar-refractivity contribution < 1.29 is 0 Å². The van der Waals surface area contributed by atoms with E-state index in [4.69, 9.17) is 0 Å². The first-order valence-corrected chi connectivity index (χ1v) is 10.2. The normalized spacial score (nSPS) is 11.2. The van der Waals surface area contributed by atoms with Crippen LogP contribution >= 0.6 is 11.8 Å². The van der Waals surface area contributed by atoms with E-state index in [-0.39, 0.29) is 0 Å². The fourth-order valence-electron chi connectivity index (χ4n) is 3.73. The summed E-state index contributed by atoms with van der Waals surface area (Å²) in [7, 11) is 0. The van der Waals surface area contributed by atoms with Gasteiger partial charge in [0.2, 0.25) is 0 Å². The monoisotopic (exact) mass is 377 g/mol. The third-order valence-corrected chi connectivity index (χ3v) is 6.23. The second kappa shape index (κ2) is 7.14. The van der Waals surface area contributed by atoms with Crippen LogP contribution in [-0.2, 0) is 0 Å². The maximum Gasteiger partial charge on any atom is 0.0353 e. The van der Waals surface area contributed by atoms with Crippen LogP contribution in [0.25, 0.3) is 32.7 Å². The van der Waals surface area contributed by atoms with Gasteiger partial charge in [-0.1, -0.05) is 84.1 Å². The van der Waals surface area contributed by atoms with Crippen LogP contribution < -0.4 is 0 Å². The summed E-state index contributed by atoms with van der Waals surface area (Å²) >= 11 is 1.83. The van der Waals surface area contributed by atoms with E-state index in [2.05, 4.69) is 96.8 Å². The third-order valence-electron chi connectivity index (χ3n) is 5.08. The molecule has 5 rings (SSSR count). The van der Waals surface area contributed by atoms with Crippen LogP contribution in [0.1, 0.15) is 5.56 Å². The van der Waals surface area contributed by atoms with Crippen molar-refractivity contribution >= 4 is 33.3 Å². The van der Waals surface area contributed by atoms with Gasteiger partial charge in [-0.25, -0.2) is 0 Å². The van der Waals surface area contributed by atoms with E-state index >= 15 is 0 Å². The maximum atomic E-state index is 4.46. The molecule has 4 aromatic carbocycles. The van der Waals surface area contributed by atoms with Gasteiger partial charge < -0.3 is 0 Å². The van der Waals surface area contributed by atoms with Crippen molar-refractivity contribution in [2.75, 3.05) is 0 Å². The topological polar surface area (TPSA) is 12.9 Å². The van der Waals surface area contributed by atoms with E-state index in [1.165, 1.54) is 48.0 Å². The molecule has 0 radical (unpaired) electrons. The molecule has 2 heteroatoms. The molecule has 0 amide bonds. The average molecular weight is 378 g/mol. The van der Waals surface area contributed by atoms with Crippen LogP contribution in [0.15, 0.2) is 107 Å². The zero-order chi connectivity index (χ0) is 18.9. The first kappa shape index (κ1) is 17.0. The van der Waals surface area contributed by atoms with Gasteiger partial charge in [-0.05, 0) is 52.4 Å². The molecule has 28 heavy (non-hydrogen) atoms. The second-order valence-electron chi connectivity index (χ2n) is 6.95. The minimum atomic E-state index is 1.20. The first-order valence-electron chi connectivity index (χ1n) is 9.39. The zero-order valence-electron chi connectivity index (χ0n) is 15.6.